The maximum atomic E-state index is 14.0. The van der Waals surface area contributed by atoms with Gasteiger partial charge in [-0.15, -0.1) is 0 Å². The molecule has 170 valence electrons. The van der Waals surface area contributed by atoms with E-state index in [1.165, 1.54) is 17.2 Å². The molecule has 0 heterocycles. The van der Waals surface area contributed by atoms with Gasteiger partial charge in [0.2, 0.25) is 0 Å². The summed E-state index contributed by atoms with van der Waals surface area (Å²) in [7, 11) is 0. The Morgan fingerprint density at radius 3 is 2.42 bits per heavy atom. The van der Waals surface area contributed by atoms with Crippen LogP contribution in [0.25, 0.3) is 21.9 Å². The number of rotatable bonds is 1. The number of hydrogen-bond acceptors (Lipinski definition) is 1. The third-order valence-electron chi connectivity index (χ3n) is 8.94. The van der Waals surface area contributed by atoms with E-state index in [1.807, 2.05) is 24.3 Å². The highest BCUT2D eigenvalue weighted by atomic mass is 19.4. The van der Waals surface area contributed by atoms with Gasteiger partial charge in [0.05, 0.1) is 5.56 Å². The van der Waals surface area contributed by atoms with E-state index >= 15 is 0 Å². The number of benzene rings is 3. The Labute approximate surface area is 192 Å². The second-order valence-corrected chi connectivity index (χ2v) is 10.5. The Balaban J connectivity index is 1.42. The summed E-state index contributed by atoms with van der Waals surface area (Å²) in [6.45, 7) is 2.17. The zero-order chi connectivity index (χ0) is 23.0. The van der Waals surface area contributed by atoms with Gasteiger partial charge in [0.15, 0.2) is 0 Å². The molecule has 2 saturated carbocycles. The quantitative estimate of drug-likeness (QED) is 0.369. The van der Waals surface area contributed by atoms with Gasteiger partial charge in [0.1, 0.15) is 5.78 Å². The van der Waals surface area contributed by atoms with Crippen molar-refractivity contribution >= 4 is 16.6 Å². The number of aryl methyl sites for hydroxylation is 1. The minimum absolute atomic E-state index is 0.161. The molecule has 0 spiro atoms. The van der Waals surface area contributed by atoms with Crippen LogP contribution in [0.15, 0.2) is 54.6 Å². The SMILES string of the molecule is C[C@@]12CC[C@H]3c4ccc(-c5cc6ccccc6cc5C(F)(F)F)cc4CC[C@H]3[C@@H]1CCC2=O. The minimum Gasteiger partial charge on any atom is -0.299 e. The fourth-order valence-corrected chi connectivity index (χ4v) is 7.23. The van der Waals surface area contributed by atoms with Gasteiger partial charge < -0.3 is 0 Å². The van der Waals surface area contributed by atoms with Crippen molar-refractivity contribution in [2.45, 2.75) is 57.5 Å². The van der Waals surface area contributed by atoms with Crippen LogP contribution in [0.1, 0.15) is 61.6 Å². The number of halogens is 3. The normalized spacial score (nSPS) is 29.0. The predicted molar refractivity (Wildman–Crippen MR) is 124 cm³/mol. The van der Waals surface area contributed by atoms with Crippen LogP contribution < -0.4 is 0 Å². The molecular weight excluding hydrogens is 421 g/mol. The molecule has 1 nitrogen and oxygen atoms in total. The van der Waals surface area contributed by atoms with E-state index in [-0.39, 0.29) is 11.0 Å². The lowest BCUT2D eigenvalue weighted by molar-refractivity contribution is -0.137. The minimum atomic E-state index is -4.41. The van der Waals surface area contributed by atoms with Gasteiger partial charge in [0, 0.05) is 11.8 Å². The molecule has 0 saturated heterocycles. The van der Waals surface area contributed by atoms with Gasteiger partial charge in [-0.3, -0.25) is 4.79 Å². The Hall–Kier alpha value is -2.62. The first-order chi connectivity index (χ1) is 15.8. The van der Waals surface area contributed by atoms with Gasteiger partial charge in [-0.05, 0) is 95.0 Å². The number of hydrogen-bond donors (Lipinski definition) is 0. The summed E-state index contributed by atoms with van der Waals surface area (Å²) in [5.41, 5.74) is 2.64. The molecule has 6 rings (SSSR count). The van der Waals surface area contributed by atoms with Crippen molar-refractivity contribution in [1.29, 1.82) is 0 Å². The monoisotopic (exact) mass is 448 g/mol. The number of fused-ring (bicyclic) bond motifs is 6. The Morgan fingerprint density at radius 2 is 1.67 bits per heavy atom. The van der Waals surface area contributed by atoms with E-state index in [4.69, 9.17) is 0 Å². The topological polar surface area (TPSA) is 17.1 Å². The number of carbonyl (C=O) groups is 1. The lowest BCUT2D eigenvalue weighted by atomic mass is 9.55. The average molecular weight is 449 g/mol. The predicted octanol–water partition coefficient (Wildman–Crippen LogP) is 7.95. The van der Waals surface area contributed by atoms with E-state index in [2.05, 4.69) is 13.0 Å². The first-order valence-corrected chi connectivity index (χ1v) is 12.0. The zero-order valence-corrected chi connectivity index (χ0v) is 18.7. The molecule has 3 aromatic carbocycles. The van der Waals surface area contributed by atoms with Crippen LogP contribution in [0.5, 0.6) is 0 Å². The smallest absolute Gasteiger partial charge is 0.299 e. The van der Waals surface area contributed by atoms with Gasteiger partial charge in [-0.2, -0.15) is 13.2 Å². The fourth-order valence-electron chi connectivity index (χ4n) is 7.23. The summed E-state index contributed by atoms with van der Waals surface area (Å²) >= 11 is 0. The standard InChI is InChI=1S/C29H27F3O/c1-28-13-12-22-21-8-6-20(14-19(21)7-9-23(22)25(28)10-11-27(28)33)24-15-17-4-2-3-5-18(17)16-26(24)29(30,31)32/h2-6,8,14-16,22-23,25H,7,9-13H2,1H3/t22-,23+,25-,28+/m0/s1. The van der Waals surface area contributed by atoms with Crippen molar-refractivity contribution in [3.05, 3.63) is 71.3 Å². The molecule has 0 radical (unpaired) electrons. The summed E-state index contributed by atoms with van der Waals surface area (Å²) < 4.78 is 42.0. The Bertz CT molecular complexity index is 1270. The zero-order valence-electron chi connectivity index (χ0n) is 18.7. The molecule has 3 aliphatic carbocycles. The summed E-state index contributed by atoms with van der Waals surface area (Å²) in [4.78, 5) is 12.6. The van der Waals surface area contributed by atoms with Crippen molar-refractivity contribution in [3.63, 3.8) is 0 Å². The van der Waals surface area contributed by atoms with Crippen molar-refractivity contribution < 1.29 is 18.0 Å². The largest absolute Gasteiger partial charge is 0.417 e. The van der Waals surface area contributed by atoms with Crippen LogP contribution in [0, 0.1) is 17.3 Å². The van der Waals surface area contributed by atoms with Crippen LogP contribution >= 0.6 is 0 Å². The van der Waals surface area contributed by atoms with Crippen LogP contribution in [-0.4, -0.2) is 5.78 Å². The van der Waals surface area contributed by atoms with Gasteiger partial charge in [0.25, 0.3) is 0 Å². The lowest BCUT2D eigenvalue weighted by Gasteiger charge is -2.48. The highest BCUT2D eigenvalue weighted by molar-refractivity contribution is 5.90. The summed E-state index contributed by atoms with van der Waals surface area (Å²) in [5.74, 6) is 1.82. The molecule has 3 aromatic rings. The number of ketones is 1. The summed E-state index contributed by atoms with van der Waals surface area (Å²) in [6, 6.07) is 16.1. The van der Waals surface area contributed by atoms with E-state index in [1.54, 1.807) is 18.2 Å². The van der Waals surface area contributed by atoms with Gasteiger partial charge in [-0.1, -0.05) is 49.4 Å². The molecule has 33 heavy (non-hydrogen) atoms. The van der Waals surface area contributed by atoms with Crippen molar-refractivity contribution in [2.75, 3.05) is 0 Å². The molecule has 0 aliphatic heterocycles. The molecule has 3 aliphatic rings. The van der Waals surface area contributed by atoms with E-state index < -0.39 is 11.7 Å². The second kappa shape index (κ2) is 7.19. The second-order valence-electron chi connectivity index (χ2n) is 10.5. The highest BCUT2D eigenvalue weighted by Gasteiger charge is 2.54. The average Bonchev–Trinajstić information content (AvgIpc) is 3.11. The molecule has 0 N–H and O–H groups in total. The molecule has 2 fully saturated rings. The molecule has 4 heteroatoms. The lowest BCUT2D eigenvalue weighted by Crippen LogP contribution is -2.42. The van der Waals surface area contributed by atoms with Crippen LogP contribution in [0.3, 0.4) is 0 Å². The van der Waals surface area contributed by atoms with Crippen molar-refractivity contribution in [3.8, 4) is 11.1 Å². The van der Waals surface area contributed by atoms with E-state index in [0.717, 1.165) is 37.5 Å². The van der Waals surface area contributed by atoms with E-state index in [9.17, 15) is 18.0 Å². The Kier molecular flexibility index (Phi) is 4.56. The molecular formula is C29H27F3O. The van der Waals surface area contributed by atoms with Crippen molar-refractivity contribution in [1.82, 2.24) is 0 Å². The number of alkyl halides is 3. The summed E-state index contributed by atoms with van der Waals surface area (Å²) in [6.07, 6.45) is 1.12. The molecule has 0 aromatic heterocycles. The molecule has 0 unspecified atom stereocenters. The molecule has 4 atom stereocenters. The number of carbonyl (C=O) groups excluding carboxylic acids is 1. The first kappa shape index (κ1) is 20.9. The maximum Gasteiger partial charge on any atom is 0.417 e. The third-order valence-corrected chi connectivity index (χ3v) is 8.94. The first-order valence-electron chi connectivity index (χ1n) is 12.0. The van der Waals surface area contributed by atoms with Gasteiger partial charge in [-0.25, -0.2) is 0 Å². The van der Waals surface area contributed by atoms with Crippen LogP contribution in [0.2, 0.25) is 0 Å². The highest BCUT2D eigenvalue weighted by Crippen LogP contribution is 2.59. The maximum absolute atomic E-state index is 14.0. The summed E-state index contributed by atoms with van der Waals surface area (Å²) in [5, 5.41) is 1.42. The van der Waals surface area contributed by atoms with Crippen LogP contribution in [-0.2, 0) is 17.4 Å². The Morgan fingerprint density at radius 1 is 0.909 bits per heavy atom. The van der Waals surface area contributed by atoms with Crippen LogP contribution in [0.4, 0.5) is 13.2 Å². The number of Topliss-reactive ketones (excluding diaryl/α,β-unsaturated/α-hetero) is 1. The molecule has 0 amide bonds. The van der Waals surface area contributed by atoms with Crippen molar-refractivity contribution in [2.24, 2.45) is 17.3 Å². The van der Waals surface area contributed by atoms with E-state index in [0.29, 0.717) is 40.9 Å². The van der Waals surface area contributed by atoms with Gasteiger partial charge >= 0.3 is 6.18 Å². The molecule has 0 bridgehead atoms. The fraction of sp³-hybridized carbons (Fsp3) is 0.414. The third kappa shape index (κ3) is 3.17.